The fourth-order valence-corrected chi connectivity index (χ4v) is 2.47. The second-order valence-corrected chi connectivity index (χ2v) is 5.56. The maximum absolute atomic E-state index is 6.16. The van der Waals surface area contributed by atoms with E-state index in [4.69, 9.17) is 23.2 Å². The van der Waals surface area contributed by atoms with E-state index in [-0.39, 0.29) is 0 Å². The van der Waals surface area contributed by atoms with Crippen molar-refractivity contribution >= 4 is 40.7 Å². The van der Waals surface area contributed by atoms with Gasteiger partial charge in [0.25, 0.3) is 0 Å². The first-order valence-electron chi connectivity index (χ1n) is 6.45. The lowest BCUT2D eigenvalue weighted by molar-refractivity contribution is 0.991. The van der Waals surface area contributed by atoms with Crippen LogP contribution in [0.1, 0.15) is 24.5 Å². The molecule has 104 valence electrons. The Kier molecular flexibility index (Phi) is 3.68. The van der Waals surface area contributed by atoms with Gasteiger partial charge in [-0.2, -0.15) is 4.98 Å². The normalized spacial score (nSPS) is 14.2. The second kappa shape index (κ2) is 5.46. The number of rotatable bonds is 4. The lowest BCUT2D eigenvalue weighted by Gasteiger charge is -2.12. The number of aromatic nitrogens is 2. The molecule has 1 heterocycles. The van der Waals surface area contributed by atoms with E-state index in [1.807, 2.05) is 12.1 Å². The predicted octanol–water partition coefficient (Wildman–Crippen LogP) is 4.45. The van der Waals surface area contributed by atoms with Crippen LogP contribution in [0.5, 0.6) is 0 Å². The lowest BCUT2D eigenvalue weighted by Crippen LogP contribution is -2.03. The van der Waals surface area contributed by atoms with Crippen LogP contribution >= 0.6 is 23.2 Å². The van der Waals surface area contributed by atoms with Gasteiger partial charge in [0, 0.05) is 19.0 Å². The van der Waals surface area contributed by atoms with Gasteiger partial charge in [-0.3, -0.25) is 0 Å². The van der Waals surface area contributed by atoms with Crippen LogP contribution in [0.4, 0.5) is 17.5 Å². The minimum Gasteiger partial charge on any atom is -0.357 e. The van der Waals surface area contributed by atoms with E-state index >= 15 is 0 Å². The first-order valence-corrected chi connectivity index (χ1v) is 7.20. The smallest absolute Gasteiger partial charge is 0.224 e. The molecule has 4 nitrogen and oxygen atoms in total. The number of halogens is 2. The highest BCUT2D eigenvalue weighted by Crippen LogP contribution is 2.40. The van der Waals surface area contributed by atoms with Crippen LogP contribution in [-0.2, 0) is 0 Å². The number of hydrogen-bond acceptors (Lipinski definition) is 4. The van der Waals surface area contributed by atoms with E-state index < -0.39 is 0 Å². The summed E-state index contributed by atoms with van der Waals surface area (Å²) in [6.45, 7) is 0. The van der Waals surface area contributed by atoms with Gasteiger partial charge < -0.3 is 10.6 Å². The molecule has 0 atom stereocenters. The van der Waals surface area contributed by atoms with E-state index in [1.165, 1.54) is 12.8 Å². The van der Waals surface area contributed by atoms with Gasteiger partial charge in [0.05, 0.1) is 21.4 Å². The Balaban J connectivity index is 1.95. The molecule has 1 aliphatic carbocycles. The number of nitrogens with one attached hydrogen (secondary N) is 2. The summed E-state index contributed by atoms with van der Waals surface area (Å²) in [5.41, 5.74) is 1.72. The van der Waals surface area contributed by atoms with Crippen LogP contribution in [0.15, 0.2) is 24.3 Å². The molecule has 1 aliphatic rings. The van der Waals surface area contributed by atoms with E-state index in [0.717, 1.165) is 5.69 Å². The average Bonchev–Trinajstić information content (AvgIpc) is 3.27. The third kappa shape index (κ3) is 2.81. The molecule has 1 fully saturated rings. The molecule has 2 aromatic rings. The number of hydrogen-bond donors (Lipinski definition) is 2. The molecule has 0 unspecified atom stereocenters. The molecule has 0 spiro atoms. The highest BCUT2D eigenvalue weighted by atomic mass is 35.5. The molecule has 0 radical (unpaired) electrons. The van der Waals surface area contributed by atoms with Gasteiger partial charge in [-0.05, 0) is 25.0 Å². The molecule has 6 heteroatoms. The van der Waals surface area contributed by atoms with E-state index in [9.17, 15) is 0 Å². The van der Waals surface area contributed by atoms with E-state index in [2.05, 4.69) is 20.6 Å². The van der Waals surface area contributed by atoms with Gasteiger partial charge in [-0.1, -0.05) is 29.3 Å². The summed E-state index contributed by atoms with van der Waals surface area (Å²) < 4.78 is 0. The first-order chi connectivity index (χ1) is 9.67. The van der Waals surface area contributed by atoms with Gasteiger partial charge in [0.15, 0.2) is 0 Å². The Hall–Kier alpha value is -1.52. The summed E-state index contributed by atoms with van der Waals surface area (Å²) in [5.74, 6) is 1.84. The molecule has 20 heavy (non-hydrogen) atoms. The first kappa shape index (κ1) is 13.5. The van der Waals surface area contributed by atoms with Crippen LogP contribution < -0.4 is 10.6 Å². The topological polar surface area (TPSA) is 49.8 Å². The highest BCUT2D eigenvalue weighted by Gasteiger charge is 2.26. The van der Waals surface area contributed by atoms with Crippen LogP contribution in [0.3, 0.4) is 0 Å². The summed E-state index contributed by atoms with van der Waals surface area (Å²) in [6.07, 6.45) is 2.37. The van der Waals surface area contributed by atoms with Crippen molar-refractivity contribution in [3.8, 4) is 0 Å². The number of para-hydroxylation sites is 1. The summed E-state index contributed by atoms with van der Waals surface area (Å²) in [7, 11) is 1.80. The third-order valence-electron chi connectivity index (χ3n) is 3.18. The minimum absolute atomic E-state index is 0.548. The van der Waals surface area contributed by atoms with Crippen LogP contribution in [-0.4, -0.2) is 17.0 Å². The summed E-state index contributed by atoms with van der Waals surface area (Å²) in [6, 6.07) is 7.35. The Bertz CT molecular complexity index is 621. The Morgan fingerprint density at radius 3 is 2.45 bits per heavy atom. The standard InChI is InChI=1S/C14H14Cl2N4/c1-17-14-18-11(8-5-6-8)7-12(20-14)19-13-9(15)3-2-4-10(13)16/h2-4,7-8H,5-6H2,1H3,(H2,17,18,19,20). The average molecular weight is 309 g/mol. The Morgan fingerprint density at radius 2 is 1.85 bits per heavy atom. The van der Waals surface area contributed by atoms with Crippen LogP contribution in [0.2, 0.25) is 10.0 Å². The maximum Gasteiger partial charge on any atom is 0.224 e. The van der Waals surface area contributed by atoms with Crippen molar-refractivity contribution < 1.29 is 0 Å². The molecular weight excluding hydrogens is 295 g/mol. The predicted molar refractivity (Wildman–Crippen MR) is 83.3 cm³/mol. The fourth-order valence-electron chi connectivity index (χ4n) is 1.98. The number of benzene rings is 1. The molecule has 2 N–H and O–H groups in total. The van der Waals surface area contributed by atoms with E-state index in [1.54, 1.807) is 19.2 Å². The quantitative estimate of drug-likeness (QED) is 0.876. The van der Waals surface area contributed by atoms with Crippen molar-refractivity contribution in [1.29, 1.82) is 0 Å². The largest absolute Gasteiger partial charge is 0.357 e. The maximum atomic E-state index is 6.16. The molecular formula is C14H14Cl2N4. The van der Waals surface area contributed by atoms with Gasteiger partial charge in [-0.15, -0.1) is 0 Å². The SMILES string of the molecule is CNc1nc(Nc2c(Cl)cccc2Cl)cc(C2CC2)n1. The zero-order valence-corrected chi connectivity index (χ0v) is 12.5. The lowest BCUT2D eigenvalue weighted by atomic mass is 10.2. The summed E-state index contributed by atoms with van der Waals surface area (Å²) >= 11 is 12.3. The fraction of sp³-hybridized carbons (Fsp3) is 0.286. The zero-order chi connectivity index (χ0) is 14.1. The van der Waals surface area contributed by atoms with Crippen LogP contribution in [0, 0.1) is 0 Å². The number of nitrogens with zero attached hydrogens (tertiary/aromatic N) is 2. The molecule has 1 aromatic heterocycles. The van der Waals surface area contributed by atoms with Crippen molar-refractivity contribution in [2.24, 2.45) is 0 Å². The van der Waals surface area contributed by atoms with Gasteiger partial charge in [0.1, 0.15) is 5.82 Å². The van der Waals surface area contributed by atoms with Gasteiger partial charge >= 0.3 is 0 Å². The molecule has 1 aromatic carbocycles. The molecule has 0 saturated heterocycles. The minimum atomic E-state index is 0.548. The van der Waals surface area contributed by atoms with Gasteiger partial charge in [-0.25, -0.2) is 4.98 Å². The Morgan fingerprint density at radius 1 is 1.15 bits per heavy atom. The van der Waals surface area contributed by atoms with Crippen molar-refractivity contribution in [3.05, 3.63) is 40.0 Å². The zero-order valence-electron chi connectivity index (χ0n) is 11.0. The highest BCUT2D eigenvalue weighted by molar-refractivity contribution is 6.39. The molecule has 0 aliphatic heterocycles. The number of anilines is 3. The molecule has 0 amide bonds. The molecule has 3 rings (SSSR count). The Labute approximate surface area is 127 Å². The van der Waals surface area contributed by atoms with Crippen molar-refractivity contribution in [2.45, 2.75) is 18.8 Å². The van der Waals surface area contributed by atoms with Crippen molar-refractivity contribution in [1.82, 2.24) is 9.97 Å². The van der Waals surface area contributed by atoms with Crippen molar-refractivity contribution in [2.75, 3.05) is 17.7 Å². The monoisotopic (exact) mass is 308 g/mol. The molecule has 0 bridgehead atoms. The summed E-state index contributed by atoms with van der Waals surface area (Å²) in [5, 5.41) is 7.29. The second-order valence-electron chi connectivity index (χ2n) is 4.75. The van der Waals surface area contributed by atoms with E-state index in [0.29, 0.717) is 33.4 Å². The summed E-state index contributed by atoms with van der Waals surface area (Å²) in [4.78, 5) is 8.86. The van der Waals surface area contributed by atoms with Gasteiger partial charge in [0.2, 0.25) is 5.95 Å². The van der Waals surface area contributed by atoms with Crippen molar-refractivity contribution in [3.63, 3.8) is 0 Å². The van der Waals surface area contributed by atoms with Crippen LogP contribution in [0.25, 0.3) is 0 Å². The molecule has 1 saturated carbocycles. The third-order valence-corrected chi connectivity index (χ3v) is 3.81.